The highest BCUT2D eigenvalue weighted by molar-refractivity contribution is 6.30. The van der Waals surface area contributed by atoms with Crippen molar-refractivity contribution in [3.05, 3.63) is 28.8 Å². The Balaban J connectivity index is 2.11. The number of hydrogen-bond donors (Lipinski definition) is 1. The average molecular weight is 297 g/mol. The lowest BCUT2D eigenvalue weighted by Gasteiger charge is -2.21. The molecule has 6 heteroatoms. The van der Waals surface area contributed by atoms with Crippen LogP contribution in [0.25, 0.3) is 0 Å². The molecule has 1 saturated heterocycles. The summed E-state index contributed by atoms with van der Waals surface area (Å²) in [5.41, 5.74) is 0.241. The molecule has 0 atom stereocenters. The van der Waals surface area contributed by atoms with Crippen LogP contribution < -0.4 is 0 Å². The van der Waals surface area contributed by atoms with E-state index in [1.54, 1.807) is 15.9 Å². The number of halogens is 1. The first kappa shape index (κ1) is 14.7. The van der Waals surface area contributed by atoms with Crippen LogP contribution >= 0.6 is 11.6 Å². The third-order valence-electron chi connectivity index (χ3n) is 3.42. The third kappa shape index (κ3) is 3.22. The minimum atomic E-state index is -0.232. The lowest BCUT2D eigenvalue weighted by atomic mass is 10.1. The summed E-state index contributed by atoms with van der Waals surface area (Å²) >= 11 is 5.76. The first-order valence-electron chi connectivity index (χ1n) is 6.52. The van der Waals surface area contributed by atoms with Gasteiger partial charge in [0.15, 0.2) is 0 Å². The Morgan fingerprint density at radius 2 is 1.80 bits per heavy atom. The number of rotatable bonds is 1. The van der Waals surface area contributed by atoms with Crippen LogP contribution in [0.4, 0.5) is 0 Å². The quantitative estimate of drug-likeness (QED) is 0.859. The molecule has 2 amide bonds. The van der Waals surface area contributed by atoms with Crippen LogP contribution in [0.5, 0.6) is 5.75 Å². The van der Waals surface area contributed by atoms with Crippen LogP contribution in [0.15, 0.2) is 18.2 Å². The number of phenols is 1. The van der Waals surface area contributed by atoms with Gasteiger partial charge in [0.1, 0.15) is 5.75 Å². The molecule has 0 bridgehead atoms. The van der Waals surface area contributed by atoms with E-state index >= 15 is 0 Å². The molecule has 1 aliphatic heterocycles. The van der Waals surface area contributed by atoms with Gasteiger partial charge >= 0.3 is 0 Å². The van der Waals surface area contributed by atoms with Gasteiger partial charge in [-0.3, -0.25) is 9.59 Å². The van der Waals surface area contributed by atoms with Gasteiger partial charge in [-0.15, -0.1) is 0 Å². The van der Waals surface area contributed by atoms with Crippen LogP contribution in [0, 0.1) is 0 Å². The SMILES string of the molecule is CC(=O)N1CCCN(C(=O)c2ccc(Cl)cc2O)CC1. The molecule has 1 heterocycles. The maximum absolute atomic E-state index is 12.4. The van der Waals surface area contributed by atoms with Crippen molar-refractivity contribution in [2.24, 2.45) is 0 Å². The van der Waals surface area contributed by atoms with Crippen LogP contribution in [-0.4, -0.2) is 52.9 Å². The molecular weight excluding hydrogens is 280 g/mol. The molecule has 1 aliphatic rings. The van der Waals surface area contributed by atoms with Gasteiger partial charge in [0.2, 0.25) is 5.91 Å². The Labute approximate surface area is 122 Å². The normalized spacial score (nSPS) is 15.9. The lowest BCUT2D eigenvalue weighted by Crippen LogP contribution is -2.36. The van der Waals surface area contributed by atoms with Gasteiger partial charge in [0.25, 0.3) is 5.91 Å². The van der Waals surface area contributed by atoms with Gasteiger partial charge in [-0.1, -0.05) is 11.6 Å². The van der Waals surface area contributed by atoms with Crippen molar-refractivity contribution in [3.63, 3.8) is 0 Å². The van der Waals surface area contributed by atoms with E-state index in [1.807, 2.05) is 0 Å². The summed E-state index contributed by atoms with van der Waals surface area (Å²) in [5.74, 6) is -0.326. The Morgan fingerprint density at radius 1 is 1.15 bits per heavy atom. The van der Waals surface area contributed by atoms with Gasteiger partial charge in [-0.05, 0) is 24.6 Å². The molecule has 5 nitrogen and oxygen atoms in total. The molecule has 0 unspecified atom stereocenters. The van der Waals surface area contributed by atoms with Gasteiger partial charge in [0, 0.05) is 38.1 Å². The van der Waals surface area contributed by atoms with Crippen LogP contribution in [0.1, 0.15) is 23.7 Å². The molecule has 0 saturated carbocycles. The fourth-order valence-electron chi connectivity index (χ4n) is 2.29. The van der Waals surface area contributed by atoms with E-state index in [0.29, 0.717) is 31.2 Å². The molecule has 1 aromatic rings. The van der Waals surface area contributed by atoms with Crippen molar-refractivity contribution in [1.29, 1.82) is 0 Å². The van der Waals surface area contributed by atoms with Crippen molar-refractivity contribution < 1.29 is 14.7 Å². The minimum absolute atomic E-state index is 0.0219. The second-order valence-electron chi connectivity index (χ2n) is 4.81. The monoisotopic (exact) mass is 296 g/mol. The number of amides is 2. The van der Waals surface area contributed by atoms with E-state index in [-0.39, 0.29) is 23.1 Å². The summed E-state index contributed by atoms with van der Waals surface area (Å²) in [6.45, 7) is 3.76. The van der Waals surface area contributed by atoms with Crippen molar-refractivity contribution in [2.75, 3.05) is 26.2 Å². The van der Waals surface area contributed by atoms with E-state index in [1.165, 1.54) is 19.1 Å². The molecular formula is C14H17ClN2O3. The summed E-state index contributed by atoms with van der Waals surface area (Å²) < 4.78 is 0. The summed E-state index contributed by atoms with van der Waals surface area (Å²) in [4.78, 5) is 27.1. The number of carbonyl (C=O) groups is 2. The lowest BCUT2D eigenvalue weighted by molar-refractivity contribution is -0.128. The smallest absolute Gasteiger partial charge is 0.257 e. The van der Waals surface area contributed by atoms with Gasteiger partial charge in [-0.25, -0.2) is 0 Å². The molecule has 1 N–H and O–H groups in total. The second-order valence-corrected chi connectivity index (χ2v) is 5.25. The molecule has 0 radical (unpaired) electrons. The zero-order valence-corrected chi connectivity index (χ0v) is 12.1. The van der Waals surface area contributed by atoms with E-state index in [0.717, 1.165) is 6.42 Å². The molecule has 0 spiro atoms. The van der Waals surface area contributed by atoms with Crippen LogP contribution in [0.2, 0.25) is 5.02 Å². The standard InChI is InChI=1S/C14H17ClN2O3/c1-10(18)16-5-2-6-17(8-7-16)14(20)12-4-3-11(15)9-13(12)19/h3-4,9,19H,2,5-8H2,1H3. The van der Waals surface area contributed by atoms with E-state index < -0.39 is 0 Å². The highest BCUT2D eigenvalue weighted by atomic mass is 35.5. The van der Waals surface area contributed by atoms with Crippen molar-refractivity contribution in [3.8, 4) is 5.75 Å². The summed E-state index contributed by atoms with van der Waals surface area (Å²) in [7, 11) is 0. The number of phenolic OH excluding ortho intramolecular Hbond substituents is 1. The van der Waals surface area contributed by atoms with Crippen molar-refractivity contribution >= 4 is 23.4 Å². The first-order chi connectivity index (χ1) is 9.49. The predicted molar refractivity (Wildman–Crippen MR) is 75.9 cm³/mol. The zero-order chi connectivity index (χ0) is 14.7. The van der Waals surface area contributed by atoms with E-state index in [9.17, 15) is 14.7 Å². The number of nitrogens with zero attached hydrogens (tertiary/aromatic N) is 2. The zero-order valence-electron chi connectivity index (χ0n) is 11.3. The molecule has 1 aromatic carbocycles. The van der Waals surface area contributed by atoms with E-state index in [2.05, 4.69) is 0 Å². The summed E-state index contributed by atoms with van der Waals surface area (Å²) in [6, 6.07) is 4.45. The fraction of sp³-hybridized carbons (Fsp3) is 0.429. The maximum Gasteiger partial charge on any atom is 0.257 e. The average Bonchev–Trinajstić information content (AvgIpc) is 2.63. The Bertz CT molecular complexity index is 533. The first-order valence-corrected chi connectivity index (χ1v) is 6.90. The third-order valence-corrected chi connectivity index (χ3v) is 3.65. The fourth-order valence-corrected chi connectivity index (χ4v) is 2.46. The number of aromatic hydroxyl groups is 1. The molecule has 1 fully saturated rings. The van der Waals surface area contributed by atoms with Crippen molar-refractivity contribution in [2.45, 2.75) is 13.3 Å². The number of benzene rings is 1. The summed E-state index contributed by atoms with van der Waals surface area (Å²) in [6.07, 6.45) is 0.736. The van der Waals surface area contributed by atoms with Crippen LogP contribution in [-0.2, 0) is 4.79 Å². The maximum atomic E-state index is 12.4. The molecule has 0 aliphatic carbocycles. The van der Waals surface area contributed by atoms with Crippen molar-refractivity contribution in [1.82, 2.24) is 9.80 Å². The Kier molecular flexibility index (Phi) is 4.49. The van der Waals surface area contributed by atoms with Gasteiger partial charge in [0.05, 0.1) is 5.56 Å². The Morgan fingerprint density at radius 3 is 2.45 bits per heavy atom. The van der Waals surface area contributed by atoms with Gasteiger partial charge < -0.3 is 14.9 Å². The Hall–Kier alpha value is -1.75. The molecule has 20 heavy (non-hydrogen) atoms. The van der Waals surface area contributed by atoms with Gasteiger partial charge in [-0.2, -0.15) is 0 Å². The van der Waals surface area contributed by atoms with Crippen LogP contribution in [0.3, 0.4) is 0 Å². The number of hydrogen-bond acceptors (Lipinski definition) is 3. The molecule has 108 valence electrons. The van der Waals surface area contributed by atoms with E-state index in [4.69, 9.17) is 11.6 Å². The highest BCUT2D eigenvalue weighted by Gasteiger charge is 2.23. The topological polar surface area (TPSA) is 60.9 Å². The highest BCUT2D eigenvalue weighted by Crippen LogP contribution is 2.23. The second kappa shape index (κ2) is 6.13. The largest absolute Gasteiger partial charge is 0.507 e. The molecule has 2 rings (SSSR count). The molecule has 0 aromatic heterocycles. The number of carbonyl (C=O) groups excluding carboxylic acids is 2. The summed E-state index contributed by atoms with van der Waals surface area (Å²) in [5, 5.41) is 10.2. The predicted octanol–water partition coefficient (Wildman–Crippen LogP) is 1.74. The minimum Gasteiger partial charge on any atom is -0.507 e.